The summed E-state index contributed by atoms with van der Waals surface area (Å²) in [6, 6.07) is 11.3. The molecule has 4 nitrogen and oxygen atoms in total. The van der Waals surface area contributed by atoms with Gasteiger partial charge in [-0.3, -0.25) is 0 Å². The van der Waals surface area contributed by atoms with E-state index in [9.17, 15) is 0 Å². The molecule has 0 aliphatic rings. The molecular formula is C17H21NO3. The molecule has 0 saturated carbocycles. The number of ether oxygens (including phenoxy) is 3. The van der Waals surface area contributed by atoms with Gasteiger partial charge in [0.2, 0.25) is 0 Å². The standard InChI is InChI=1S/C17H21NO3/c1-11-5-6-12(9-16(11)21-4)17(18)14-10-13(19-2)7-8-15(14)20-3/h5-10,17H,18H2,1-4H3. The molecule has 1 atom stereocenters. The average Bonchev–Trinajstić information content (AvgIpc) is 2.54. The summed E-state index contributed by atoms with van der Waals surface area (Å²) in [5.41, 5.74) is 9.31. The molecular weight excluding hydrogens is 266 g/mol. The smallest absolute Gasteiger partial charge is 0.124 e. The van der Waals surface area contributed by atoms with E-state index in [2.05, 4.69) is 0 Å². The molecule has 0 fully saturated rings. The second kappa shape index (κ2) is 6.50. The number of hydrogen-bond acceptors (Lipinski definition) is 4. The monoisotopic (exact) mass is 287 g/mol. The molecule has 2 aromatic carbocycles. The van der Waals surface area contributed by atoms with Crippen LogP contribution in [0.25, 0.3) is 0 Å². The molecule has 21 heavy (non-hydrogen) atoms. The van der Waals surface area contributed by atoms with E-state index in [0.29, 0.717) is 0 Å². The van der Waals surface area contributed by atoms with E-state index in [1.165, 1.54) is 0 Å². The van der Waals surface area contributed by atoms with Crippen molar-refractivity contribution in [2.75, 3.05) is 21.3 Å². The predicted molar refractivity (Wildman–Crippen MR) is 83.3 cm³/mol. The first-order chi connectivity index (χ1) is 10.1. The van der Waals surface area contributed by atoms with Crippen LogP contribution in [0.4, 0.5) is 0 Å². The number of aryl methyl sites for hydroxylation is 1. The van der Waals surface area contributed by atoms with Crippen LogP contribution < -0.4 is 19.9 Å². The van der Waals surface area contributed by atoms with Crippen molar-refractivity contribution >= 4 is 0 Å². The van der Waals surface area contributed by atoms with E-state index < -0.39 is 0 Å². The summed E-state index contributed by atoms with van der Waals surface area (Å²) < 4.78 is 16.0. The Hall–Kier alpha value is -2.20. The van der Waals surface area contributed by atoms with E-state index in [1.807, 2.05) is 43.3 Å². The Labute approximate surface area is 125 Å². The highest BCUT2D eigenvalue weighted by molar-refractivity contribution is 5.48. The highest BCUT2D eigenvalue weighted by Gasteiger charge is 2.16. The molecule has 0 aliphatic heterocycles. The Morgan fingerprint density at radius 2 is 1.57 bits per heavy atom. The van der Waals surface area contributed by atoms with Gasteiger partial charge in [-0.05, 0) is 42.3 Å². The number of nitrogens with two attached hydrogens (primary N) is 1. The van der Waals surface area contributed by atoms with E-state index in [1.54, 1.807) is 21.3 Å². The Balaban J connectivity index is 2.45. The quantitative estimate of drug-likeness (QED) is 0.918. The zero-order valence-electron chi connectivity index (χ0n) is 12.8. The molecule has 0 radical (unpaired) electrons. The van der Waals surface area contributed by atoms with Gasteiger partial charge in [0.25, 0.3) is 0 Å². The third kappa shape index (κ3) is 3.11. The Morgan fingerprint density at radius 1 is 0.857 bits per heavy atom. The van der Waals surface area contributed by atoms with Gasteiger partial charge in [-0.1, -0.05) is 12.1 Å². The average molecular weight is 287 g/mol. The molecule has 2 N–H and O–H groups in total. The summed E-state index contributed by atoms with van der Waals surface area (Å²) in [6.45, 7) is 2.00. The van der Waals surface area contributed by atoms with E-state index in [4.69, 9.17) is 19.9 Å². The fraction of sp³-hybridized carbons (Fsp3) is 0.294. The zero-order valence-corrected chi connectivity index (χ0v) is 12.8. The molecule has 0 amide bonds. The van der Waals surface area contributed by atoms with Gasteiger partial charge in [-0.25, -0.2) is 0 Å². The lowest BCUT2D eigenvalue weighted by atomic mass is 9.97. The molecule has 0 aliphatic carbocycles. The Morgan fingerprint density at radius 3 is 2.19 bits per heavy atom. The highest BCUT2D eigenvalue weighted by Crippen LogP contribution is 2.33. The topological polar surface area (TPSA) is 53.7 Å². The normalized spacial score (nSPS) is 11.9. The van der Waals surface area contributed by atoms with Crippen molar-refractivity contribution in [1.82, 2.24) is 0 Å². The van der Waals surface area contributed by atoms with Crippen molar-refractivity contribution < 1.29 is 14.2 Å². The highest BCUT2D eigenvalue weighted by atomic mass is 16.5. The Bertz CT molecular complexity index is 625. The fourth-order valence-electron chi connectivity index (χ4n) is 2.29. The minimum atomic E-state index is -0.315. The summed E-state index contributed by atoms with van der Waals surface area (Å²) in [4.78, 5) is 0. The van der Waals surface area contributed by atoms with Crippen LogP contribution in [0.15, 0.2) is 36.4 Å². The van der Waals surface area contributed by atoms with Crippen molar-refractivity contribution in [2.45, 2.75) is 13.0 Å². The molecule has 0 aromatic heterocycles. The van der Waals surface area contributed by atoms with Crippen LogP contribution >= 0.6 is 0 Å². The lowest BCUT2D eigenvalue weighted by Gasteiger charge is -2.18. The van der Waals surface area contributed by atoms with Gasteiger partial charge in [0, 0.05) is 5.56 Å². The second-order valence-corrected chi connectivity index (χ2v) is 4.81. The largest absolute Gasteiger partial charge is 0.497 e. The lowest BCUT2D eigenvalue weighted by Crippen LogP contribution is -2.13. The predicted octanol–water partition coefficient (Wildman–Crippen LogP) is 3.07. The maximum absolute atomic E-state index is 6.40. The van der Waals surface area contributed by atoms with Gasteiger partial charge in [0.05, 0.1) is 27.4 Å². The minimum absolute atomic E-state index is 0.315. The molecule has 112 valence electrons. The lowest BCUT2D eigenvalue weighted by molar-refractivity contribution is 0.396. The fourth-order valence-corrected chi connectivity index (χ4v) is 2.29. The molecule has 0 saturated heterocycles. The van der Waals surface area contributed by atoms with Gasteiger partial charge >= 0.3 is 0 Å². The zero-order chi connectivity index (χ0) is 15.4. The summed E-state index contributed by atoms with van der Waals surface area (Å²) in [5.74, 6) is 2.31. The van der Waals surface area contributed by atoms with Crippen molar-refractivity contribution in [3.63, 3.8) is 0 Å². The first-order valence-electron chi connectivity index (χ1n) is 6.72. The molecule has 4 heteroatoms. The van der Waals surface area contributed by atoms with E-state index >= 15 is 0 Å². The first-order valence-corrected chi connectivity index (χ1v) is 6.72. The maximum atomic E-state index is 6.40. The molecule has 2 aromatic rings. The molecule has 0 bridgehead atoms. The molecule has 0 heterocycles. The van der Waals surface area contributed by atoms with Gasteiger partial charge in [0.1, 0.15) is 17.2 Å². The summed E-state index contributed by atoms with van der Waals surface area (Å²) in [7, 11) is 4.92. The van der Waals surface area contributed by atoms with Crippen LogP contribution in [-0.4, -0.2) is 21.3 Å². The summed E-state index contributed by atoms with van der Waals surface area (Å²) in [6.07, 6.45) is 0. The molecule has 2 rings (SSSR count). The van der Waals surface area contributed by atoms with Crippen LogP contribution in [0.2, 0.25) is 0 Å². The third-order valence-corrected chi connectivity index (χ3v) is 3.56. The number of rotatable bonds is 5. The molecule has 1 unspecified atom stereocenters. The number of hydrogen-bond donors (Lipinski definition) is 1. The van der Waals surface area contributed by atoms with Gasteiger partial charge in [0.15, 0.2) is 0 Å². The van der Waals surface area contributed by atoms with Crippen molar-refractivity contribution in [2.24, 2.45) is 5.73 Å². The van der Waals surface area contributed by atoms with Crippen molar-refractivity contribution in [3.8, 4) is 17.2 Å². The van der Waals surface area contributed by atoms with E-state index in [0.717, 1.165) is 33.9 Å². The van der Waals surface area contributed by atoms with Crippen LogP contribution in [-0.2, 0) is 0 Å². The number of methoxy groups -OCH3 is 3. The molecule has 0 spiro atoms. The first kappa shape index (κ1) is 15.2. The van der Waals surface area contributed by atoms with Gasteiger partial charge in [-0.2, -0.15) is 0 Å². The second-order valence-electron chi connectivity index (χ2n) is 4.81. The maximum Gasteiger partial charge on any atom is 0.124 e. The van der Waals surface area contributed by atoms with Crippen LogP contribution in [0.1, 0.15) is 22.7 Å². The van der Waals surface area contributed by atoms with Crippen LogP contribution in [0, 0.1) is 6.92 Å². The van der Waals surface area contributed by atoms with Crippen molar-refractivity contribution in [1.29, 1.82) is 0 Å². The van der Waals surface area contributed by atoms with E-state index in [-0.39, 0.29) is 6.04 Å². The SMILES string of the molecule is COc1ccc(OC)c(C(N)c2ccc(C)c(OC)c2)c1. The van der Waals surface area contributed by atoms with Crippen LogP contribution in [0.3, 0.4) is 0 Å². The Kier molecular flexibility index (Phi) is 4.70. The summed E-state index contributed by atoms with van der Waals surface area (Å²) >= 11 is 0. The minimum Gasteiger partial charge on any atom is -0.497 e. The van der Waals surface area contributed by atoms with Gasteiger partial charge < -0.3 is 19.9 Å². The van der Waals surface area contributed by atoms with Gasteiger partial charge in [-0.15, -0.1) is 0 Å². The third-order valence-electron chi connectivity index (χ3n) is 3.56. The van der Waals surface area contributed by atoms with Crippen LogP contribution in [0.5, 0.6) is 17.2 Å². The van der Waals surface area contributed by atoms with Crippen molar-refractivity contribution in [3.05, 3.63) is 53.1 Å². The number of benzene rings is 2. The summed E-state index contributed by atoms with van der Waals surface area (Å²) in [5, 5.41) is 0.